The number of hydrogen-bond acceptors (Lipinski definition) is 22. The lowest BCUT2D eigenvalue weighted by Crippen LogP contribution is -2.64. The third-order valence-electron chi connectivity index (χ3n) is 16.0. The first-order chi connectivity index (χ1) is 43.1. The molecule has 13 N–H and O–H groups in total. The number of nitrogens with zero attached hydrogens (tertiary/aromatic N) is 2. The first-order valence-corrected chi connectivity index (χ1v) is 31.5. The van der Waals surface area contributed by atoms with Crippen LogP contribution >= 0.6 is 0 Å². The summed E-state index contributed by atoms with van der Waals surface area (Å²) >= 11 is 0. The molecule has 0 spiro atoms. The van der Waals surface area contributed by atoms with Gasteiger partial charge in [-0.1, -0.05) is 98.9 Å². The van der Waals surface area contributed by atoms with Crippen LogP contribution in [0.2, 0.25) is 0 Å². The highest BCUT2D eigenvalue weighted by molar-refractivity contribution is 5.96. The number of Topliss-reactive ketones (excluding diaryl/α,β-unsaturated/α-hetero) is 2. The Balaban J connectivity index is 1.62. The van der Waals surface area contributed by atoms with Gasteiger partial charge < -0.3 is 95.8 Å². The van der Waals surface area contributed by atoms with Gasteiger partial charge in [0.2, 0.25) is 11.8 Å². The van der Waals surface area contributed by atoms with Gasteiger partial charge >= 0.3 is 5.97 Å². The number of carbonyl (C=O) groups excluding carboxylic acids is 5. The maximum Gasteiger partial charge on any atom is 0.308 e. The van der Waals surface area contributed by atoms with Gasteiger partial charge in [-0.05, 0) is 97.4 Å². The number of carbonyl (C=O) groups is 5. The first kappa shape index (κ1) is 77.8. The molecule has 3 aliphatic rings. The molecule has 24 heteroatoms. The lowest BCUT2D eigenvalue weighted by Gasteiger charge is -2.46. The minimum Gasteiger partial charge on any atom is -0.461 e. The molecular formula is C67H103N5O19. The summed E-state index contributed by atoms with van der Waals surface area (Å²) in [4.78, 5) is 69.8. The van der Waals surface area contributed by atoms with Gasteiger partial charge in [-0.25, -0.2) is 0 Å². The van der Waals surface area contributed by atoms with E-state index in [1.54, 1.807) is 129 Å². The van der Waals surface area contributed by atoms with Crippen molar-refractivity contribution in [3.63, 3.8) is 0 Å². The minimum atomic E-state index is -2.32. The van der Waals surface area contributed by atoms with Crippen LogP contribution in [0.1, 0.15) is 108 Å². The van der Waals surface area contributed by atoms with Crippen molar-refractivity contribution >= 4 is 35.0 Å². The van der Waals surface area contributed by atoms with Crippen LogP contribution in [0.3, 0.4) is 0 Å². The van der Waals surface area contributed by atoms with E-state index in [1.165, 1.54) is 6.92 Å². The number of amides is 2. The van der Waals surface area contributed by atoms with Crippen LogP contribution in [0, 0.1) is 17.8 Å². The van der Waals surface area contributed by atoms with Gasteiger partial charge in [0, 0.05) is 75.8 Å². The highest BCUT2D eigenvalue weighted by Gasteiger charge is 2.51. The second-order valence-electron chi connectivity index (χ2n) is 24.9. The van der Waals surface area contributed by atoms with Gasteiger partial charge in [-0.15, -0.1) is 0 Å². The third kappa shape index (κ3) is 28.6. The van der Waals surface area contributed by atoms with Gasteiger partial charge in [0.05, 0.1) is 86.0 Å². The highest BCUT2D eigenvalue weighted by Crippen LogP contribution is 2.38. The van der Waals surface area contributed by atoms with E-state index in [0.29, 0.717) is 18.5 Å². The van der Waals surface area contributed by atoms with Gasteiger partial charge in [-0.3, -0.25) is 24.0 Å². The fourth-order valence-electron chi connectivity index (χ4n) is 11.3. The molecule has 2 fully saturated rings. The normalized spacial score (nSPS) is 34.9. The number of aliphatic hydroxyl groups excluding tert-OH is 9. The number of fused-ring (bicyclic) bond motifs is 2. The van der Waals surface area contributed by atoms with Crippen LogP contribution < -0.4 is 16.0 Å². The van der Waals surface area contributed by atoms with Crippen molar-refractivity contribution in [1.82, 2.24) is 20.4 Å². The van der Waals surface area contributed by atoms with Gasteiger partial charge in [-0.2, -0.15) is 0 Å². The van der Waals surface area contributed by atoms with E-state index in [-0.39, 0.29) is 50.0 Å². The van der Waals surface area contributed by atoms with Crippen LogP contribution in [-0.2, 0) is 38.1 Å². The van der Waals surface area contributed by atoms with Gasteiger partial charge in [0.1, 0.15) is 24.1 Å². The average Bonchev–Trinajstić information content (AvgIpc) is 0.818. The number of benzene rings is 1. The number of likely N-dealkylation sites (N-methyl/N-ethyl adjacent to an activating group) is 2. The Morgan fingerprint density at radius 2 is 1.27 bits per heavy atom. The van der Waals surface area contributed by atoms with E-state index in [2.05, 4.69) is 16.0 Å². The topological polar surface area (TPSA) is 367 Å². The van der Waals surface area contributed by atoms with Crippen molar-refractivity contribution in [3.05, 3.63) is 115 Å². The number of ketones is 2. The molecular weight excluding hydrogens is 1180 g/mol. The number of ether oxygens (including phenoxy) is 4. The summed E-state index contributed by atoms with van der Waals surface area (Å²) in [5, 5.41) is 121. The van der Waals surface area contributed by atoms with Crippen LogP contribution in [-0.4, -0.2) is 243 Å². The summed E-state index contributed by atoms with van der Waals surface area (Å²) in [7, 11) is 8.75. The molecule has 3 unspecified atom stereocenters. The number of allylic oxidation sites excluding steroid dienone is 12. The Morgan fingerprint density at radius 3 is 1.87 bits per heavy atom. The van der Waals surface area contributed by atoms with Crippen LogP contribution in [0.5, 0.6) is 0 Å². The summed E-state index contributed by atoms with van der Waals surface area (Å²) in [6, 6.07) is 5.68. The second-order valence-corrected chi connectivity index (χ2v) is 24.9. The Morgan fingerprint density at radius 1 is 0.703 bits per heavy atom. The highest BCUT2D eigenvalue weighted by atomic mass is 16.7. The van der Waals surface area contributed by atoms with E-state index in [9.17, 15) is 75.0 Å². The number of aliphatic hydroxyl groups is 10. The molecule has 1 aromatic rings. The molecule has 2 bridgehead atoms. The second kappa shape index (κ2) is 39.8. The number of anilines is 1. The zero-order chi connectivity index (χ0) is 67.4. The van der Waals surface area contributed by atoms with Gasteiger partial charge in [0.15, 0.2) is 17.9 Å². The zero-order valence-corrected chi connectivity index (χ0v) is 53.9. The number of esters is 1. The van der Waals surface area contributed by atoms with E-state index >= 15 is 0 Å². The molecule has 510 valence electrons. The molecule has 19 atom stereocenters. The zero-order valence-electron chi connectivity index (χ0n) is 53.9. The SMILES string of the molecule is CNc1ccc(C(=O)CC(O)CC[C@H](C)C2OC(=O)C[C@H](O)CC(=O)C[C@H](O)C[C@H](O)C[C@H](O)C[C@H](O)C[C@]3(O)C[C@H](O)[C@@H](C(=O)NCCN(C)C)[C@H](C[C@@H](O[C@@H]4O[C@H](C)[C@@H](O)[C@H](NC(=O)CN(C)C)[C@@H]4O)\C=C/C=C\C=C/C=C\C=C/C=C\C=C/C2C)O3)cc1. The monoisotopic (exact) mass is 1280 g/mol. The predicted molar refractivity (Wildman–Crippen MR) is 342 cm³/mol. The molecule has 0 aliphatic carbocycles. The maximum atomic E-state index is 14.0. The molecule has 2 saturated heterocycles. The van der Waals surface area contributed by atoms with E-state index in [1.807, 2.05) is 38.9 Å². The number of cyclic esters (lactones) is 1. The molecule has 24 nitrogen and oxygen atoms in total. The smallest absolute Gasteiger partial charge is 0.308 e. The number of nitrogens with one attached hydrogen (secondary N) is 3. The Labute approximate surface area is 535 Å². The summed E-state index contributed by atoms with van der Waals surface area (Å²) in [6.07, 6.45) is 2.19. The predicted octanol–water partition coefficient (Wildman–Crippen LogP) is 2.06. The molecule has 2 amide bonds. The van der Waals surface area contributed by atoms with E-state index < -0.39 is 178 Å². The van der Waals surface area contributed by atoms with E-state index in [0.717, 1.165) is 5.69 Å². The van der Waals surface area contributed by atoms with Crippen molar-refractivity contribution in [1.29, 1.82) is 0 Å². The third-order valence-corrected chi connectivity index (χ3v) is 16.0. The molecule has 1 aromatic carbocycles. The minimum absolute atomic E-state index is 0.0513. The van der Waals surface area contributed by atoms with Crippen molar-refractivity contribution < 1.29 is 94.0 Å². The molecule has 3 heterocycles. The van der Waals surface area contributed by atoms with Crippen LogP contribution in [0.25, 0.3) is 0 Å². The standard InChI is InChI=1S/C67H103N5O19/c1-42-21-19-17-15-13-11-9-10-12-14-16-18-20-22-54(89-66-63(85)61(62(84)44(3)88-66)70-58(82)41-72(7)8)38-57-60(65(86)69-29-30-71(5)6)56(81)40-67(87,91-57)39-53(79)35-51(77)33-49(75)31-48(74)32-50(76)34-52(78)37-59(83)90-64(42)43(2)23-28-47(73)36-55(80)45-24-26-46(68-4)27-25-45/h9-22,24-27,42-44,47-49,51-54,56-57,60-64,66,68,73-75,77-79,81,84-85,87H,23,28-41H2,1-8H3,(H,69,86)(H,70,82)/b10-9-,13-11-,14-12-,17-15-,18-16-,21-19-,22-20-/t42?,43-,44+,47?,48+,49-,51-,52+,53-,54-,56-,57-,60+,61-,62+,63-,64?,66-,67+/m0/s1. The Kier molecular flexibility index (Phi) is 34.0. The van der Waals surface area contributed by atoms with Crippen molar-refractivity contribution in [2.75, 3.05) is 60.2 Å². The fraction of sp³-hybridized carbons (Fsp3) is 0.627. The Hall–Kier alpha value is -5.65. The largest absolute Gasteiger partial charge is 0.461 e. The van der Waals surface area contributed by atoms with Crippen LogP contribution in [0.15, 0.2) is 109 Å². The molecule has 0 saturated carbocycles. The summed E-state index contributed by atoms with van der Waals surface area (Å²) < 4.78 is 24.6. The molecule has 3 aliphatic heterocycles. The van der Waals surface area contributed by atoms with Crippen molar-refractivity contribution in [2.45, 2.75) is 195 Å². The maximum absolute atomic E-state index is 14.0. The van der Waals surface area contributed by atoms with Crippen molar-refractivity contribution in [2.24, 2.45) is 17.8 Å². The number of hydrogen-bond donors (Lipinski definition) is 13. The fourth-order valence-corrected chi connectivity index (χ4v) is 11.3. The average molecular weight is 1280 g/mol. The summed E-state index contributed by atoms with van der Waals surface area (Å²) in [6.45, 7) is 5.81. The molecule has 4 rings (SSSR count). The molecule has 91 heavy (non-hydrogen) atoms. The van der Waals surface area contributed by atoms with E-state index in [4.69, 9.17) is 18.9 Å². The first-order valence-electron chi connectivity index (χ1n) is 31.5. The van der Waals surface area contributed by atoms with Crippen molar-refractivity contribution in [3.8, 4) is 0 Å². The lowest BCUT2D eigenvalue weighted by molar-refractivity contribution is -0.307. The molecule has 0 radical (unpaired) electrons. The lowest BCUT2D eigenvalue weighted by atomic mass is 9.82. The Bertz CT molecular complexity index is 2610. The van der Waals surface area contributed by atoms with Crippen LogP contribution in [0.4, 0.5) is 5.69 Å². The number of rotatable bonds is 17. The summed E-state index contributed by atoms with van der Waals surface area (Å²) in [5.41, 5.74) is 1.30. The molecule has 0 aromatic heterocycles. The van der Waals surface area contributed by atoms with Gasteiger partial charge in [0.25, 0.3) is 0 Å². The quantitative estimate of drug-likeness (QED) is 0.0784. The summed E-state index contributed by atoms with van der Waals surface area (Å²) in [5.74, 6) is -7.10.